The fourth-order valence-electron chi connectivity index (χ4n) is 2.87. The van der Waals surface area contributed by atoms with Gasteiger partial charge in [0, 0.05) is 41.9 Å². The third kappa shape index (κ3) is 3.44. The molecule has 0 bridgehead atoms. The van der Waals surface area contributed by atoms with Gasteiger partial charge < -0.3 is 4.52 Å². The van der Waals surface area contributed by atoms with Gasteiger partial charge in [0.1, 0.15) is 0 Å². The van der Waals surface area contributed by atoms with Gasteiger partial charge in [0.05, 0.1) is 11.4 Å². The zero-order chi connectivity index (χ0) is 18.1. The van der Waals surface area contributed by atoms with Crippen molar-refractivity contribution < 1.29 is 4.52 Å². The fourth-order valence-corrected chi connectivity index (χ4v) is 3.72. The third-order valence-electron chi connectivity index (χ3n) is 4.02. The second kappa shape index (κ2) is 6.86. The van der Waals surface area contributed by atoms with Gasteiger partial charge in [0.2, 0.25) is 0 Å². The lowest BCUT2D eigenvalue weighted by molar-refractivity contribution is 0.301. The van der Waals surface area contributed by atoms with E-state index < -0.39 is 0 Å². The topological polar surface area (TPSA) is 63.6 Å². The second-order valence-corrected chi connectivity index (χ2v) is 7.51. The molecule has 0 amide bonds. The average molecular weight is 366 g/mol. The number of benzene rings is 1. The molecule has 0 saturated heterocycles. The van der Waals surface area contributed by atoms with Crippen molar-refractivity contribution in [3.8, 4) is 11.3 Å². The van der Waals surface area contributed by atoms with Crippen molar-refractivity contribution in [3.05, 3.63) is 75.3 Å². The Labute approximate surface area is 154 Å². The summed E-state index contributed by atoms with van der Waals surface area (Å²) in [5.74, 6) is 0.751. The van der Waals surface area contributed by atoms with Gasteiger partial charge >= 0.3 is 0 Å². The minimum Gasteiger partial charge on any atom is -0.356 e. The van der Waals surface area contributed by atoms with Crippen LogP contribution < -0.4 is 5.56 Å². The molecule has 0 aliphatic rings. The summed E-state index contributed by atoms with van der Waals surface area (Å²) in [6, 6.07) is 13.4. The number of aromatic nitrogens is 3. The fraction of sp³-hybridized carbons (Fsp3) is 0.211. The van der Waals surface area contributed by atoms with Crippen LogP contribution in [0, 0.1) is 6.92 Å². The second-order valence-electron chi connectivity index (χ2n) is 6.30. The SMILES string of the molecule is Cc1cn2c(=O)cc(CN(C)Cc3cc(-c4ccccc4)on3)nc2s1. The number of aryl methyl sites for hydroxylation is 1. The Hall–Kier alpha value is -2.77. The molecule has 0 N–H and O–H groups in total. The molecule has 0 unspecified atom stereocenters. The van der Waals surface area contributed by atoms with E-state index in [1.54, 1.807) is 10.5 Å². The van der Waals surface area contributed by atoms with Crippen LogP contribution in [-0.4, -0.2) is 26.5 Å². The summed E-state index contributed by atoms with van der Waals surface area (Å²) in [6.07, 6.45) is 1.82. The van der Waals surface area contributed by atoms with Crippen LogP contribution in [0.3, 0.4) is 0 Å². The molecule has 0 aliphatic heterocycles. The van der Waals surface area contributed by atoms with Crippen molar-refractivity contribution >= 4 is 16.3 Å². The van der Waals surface area contributed by atoms with Crippen molar-refractivity contribution in [2.45, 2.75) is 20.0 Å². The Morgan fingerprint density at radius 3 is 2.73 bits per heavy atom. The van der Waals surface area contributed by atoms with E-state index in [0.717, 1.165) is 32.5 Å². The van der Waals surface area contributed by atoms with Gasteiger partial charge in [-0.2, -0.15) is 0 Å². The first kappa shape index (κ1) is 16.7. The lowest BCUT2D eigenvalue weighted by Crippen LogP contribution is -2.21. The van der Waals surface area contributed by atoms with Crippen LogP contribution in [0.25, 0.3) is 16.3 Å². The minimum atomic E-state index is -0.0458. The number of hydrogen-bond donors (Lipinski definition) is 0. The van der Waals surface area contributed by atoms with Gasteiger partial charge in [-0.1, -0.05) is 35.5 Å². The molecule has 0 radical (unpaired) electrons. The first-order valence-corrected chi connectivity index (χ1v) is 9.08. The van der Waals surface area contributed by atoms with E-state index in [0.29, 0.717) is 13.1 Å². The van der Waals surface area contributed by atoms with Crippen LogP contribution in [0.5, 0.6) is 0 Å². The Kier molecular flexibility index (Phi) is 4.40. The molecule has 0 saturated carbocycles. The van der Waals surface area contributed by atoms with Gasteiger partial charge in [-0.15, -0.1) is 11.3 Å². The van der Waals surface area contributed by atoms with Crippen LogP contribution in [0.4, 0.5) is 0 Å². The van der Waals surface area contributed by atoms with Crippen molar-refractivity contribution in [1.82, 2.24) is 19.4 Å². The Bertz CT molecular complexity index is 1100. The quantitative estimate of drug-likeness (QED) is 0.542. The van der Waals surface area contributed by atoms with E-state index in [1.165, 1.54) is 11.3 Å². The Morgan fingerprint density at radius 2 is 1.92 bits per heavy atom. The molecule has 4 aromatic rings. The highest BCUT2D eigenvalue weighted by Gasteiger charge is 2.11. The van der Waals surface area contributed by atoms with Gasteiger partial charge in [0.25, 0.3) is 5.56 Å². The highest BCUT2D eigenvalue weighted by atomic mass is 32.1. The van der Waals surface area contributed by atoms with Crippen LogP contribution in [0.15, 0.2) is 58.0 Å². The van der Waals surface area contributed by atoms with E-state index in [-0.39, 0.29) is 5.56 Å². The van der Waals surface area contributed by atoms with Crippen molar-refractivity contribution in [2.24, 2.45) is 0 Å². The summed E-state index contributed by atoms with van der Waals surface area (Å²) in [5.41, 5.74) is 2.56. The van der Waals surface area contributed by atoms with Crippen LogP contribution in [0.2, 0.25) is 0 Å². The summed E-state index contributed by atoms with van der Waals surface area (Å²) in [6.45, 7) is 3.15. The highest BCUT2D eigenvalue weighted by Crippen LogP contribution is 2.20. The summed E-state index contributed by atoms with van der Waals surface area (Å²) < 4.78 is 7.03. The first-order chi connectivity index (χ1) is 12.6. The van der Waals surface area contributed by atoms with Crippen LogP contribution in [0.1, 0.15) is 16.3 Å². The third-order valence-corrected chi connectivity index (χ3v) is 4.92. The van der Waals surface area contributed by atoms with Crippen molar-refractivity contribution in [1.29, 1.82) is 0 Å². The highest BCUT2D eigenvalue weighted by molar-refractivity contribution is 7.16. The molecule has 0 aliphatic carbocycles. The monoisotopic (exact) mass is 366 g/mol. The molecule has 132 valence electrons. The summed E-state index contributed by atoms with van der Waals surface area (Å²) in [7, 11) is 1.97. The van der Waals surface area contributed by atoms with Crippen molar-refractivity contribution in [2.75, 3.05) is 7.05 Å². The number of fused-ring (bicyclic) bond motifs is 1. The normalized spacial score (nSPS) is 11.5. The molecule has 0 atom stereocenters. The van der Waals surface area contributed by atoms with Gasteiger partial charge in [0.15, 0.2) is 10.7 Å². The predicted octanol–water partition coefficient (Wildman–Crippen LogP) is 3.35. The Balaban J connectivity index is 1.48. The molecule has 0 fully saturated rings. The number of hydrogen-bond acceptors (Lipinski definition) is 6. The zero-order valence-electron chi connectivity index (χ0n) is 14.5. The van der Waals surface area contributed by atoms with Crippen LogP contribution >= 0.6 is 11.3 Å². The minimum absolute atomic E-state index is 0.0458. The molecule has 3 aromatic heterocycles. The number of nitrogens with zero attached hydrogens (tertiary/aromatic N) is 4. The predicted molar refractivity (Wildman–Crippen MR) is 101 cm³/mol. The largest absolute Gasteiger partial charge is 0.356 e. The average Bonchev–Trinajstić information content (AvgIpc) is 3.22. The number of thiazole rings is 1. The van der Waals surface area contributed by atoms with E-state index >= 15 is 0 Å². The maximum atomic E-state index is 12.2. The van der Waals surface area contributed by atoms with E-state index in [2.05, 4.69) is 15.0 Å². The van der Waals surface area contributed by atoms with Gasteiger partial charge in [-0.25, -0.2) is 4.98 Å². The van der Waals surface area contributed by atoms with E-state index in [1.807, 2.05) is 56.6 Å². The summed E-state index contributed by atoms with van der Waals surface area (Å²) in [4.78, 5) is 20.6. The lowest BCUT2D eigenvalue weighted by Gasteiger charge is -2.13. The van der Waals surface area contributed by atoms with Crippen LogP contribution in [-0.2, 0) is 13.1 Å². The maximum absolute atomic E-state index is 12.2. The summed E-state index contributed by atoms with van der Waals surface area (Å²) >= 11 is 1.52. The molecular weight excluding hydrogens is 348 g/mol. The molecule has 7 heteroatoms. The molecule has 0 spiro atoms. The van der Waals surface area contributed by atoms with E-state index in [4.69, 9.17) is 4.52 Å². The lowest BCUT2D eigenvalue weighted by atomic mass is 10.1. The van der Waals surface area contributed by atoms with Gasteiger partial charge in [-0.3, -0.25) is 14.1 Å². The molecule has 1 aromatic carbocycles. The Morgan fingerprint density at radius 1 is 1.15 bits per heavy atom. The van der Waals surface area contributed by atoms with E-state index in [9.17, 15) is 4.79 Å². The van der Waals surface area contributed by atoms with Gasteiger partial charge in [-0.05, 0) is 14.0 Å². The molecular formula is C19H18N4O2S. The standard InChI is InChI=1S/C19H18N4O2S/c1-13-10-23-18(24)9-15(20-19(23)26-13)11-22(2)12-16-8-17(25-21-16)14-6-4-3-5-7-14/h3-10H,11-12H2,1-2H3. The maximum Gasteiger partial charge on any atom is 0.258 e. The molecule has 26 heavy (non-hydrogen) atoms. The first-order valence-electron chi connectivity index (χ1n) is 8.27. The van der Waals surface area contributed by atoms with Crippen molar-refractivity contribution in [3.63, 3.8) is 0 Å². The summed E-state index contributed by atoms with van der Waals surface area (Å²) in [5, 5.41) is 4.14. The smallest absolute Gasteiger partial charge is 0.258 e. The molecule has 3 heterocycles. The number of rotatable bonds is 5. The molecule has 4 rings (SSSR count). The molecule has 6 nitrogen and oxygen atoms in total. The zero-order valence-corrected chi connectivity index (χ0v) is 15.4.